The summed E-state index contributed by atoms with van der Waals surface area (Å²) in [7, 11) is 0. The lowest BCUT2D eigenvalue weighted by atomic mass is 9.86. The van der Waals surface area contributed by atoms with Crippen molar-refractivity contribution in [3.05, 3.63) is 65.5 Å². The van der Waals surface area contributed by atoms with E-state index in [1.807, 2.05) is 12.1 Å². The van der Waals surface area contributed by atoms with Gasteiger partial charge in [0.1, 0.15) is 0 Å². The molecule has 0 saturated carbocycles. The molecule has 0 saturated heterocycles. The molecule has 0 fully saturated rings. The molecule has 0 amide bonds. The minimum absolute atomic E-state index is 0.338. The van der Waals surface area contributed by atoms with Crippen LogP contribution in [0.3, 0.4) is 0 Å². The molecule has 2 N–H and O–H groups in total. The molecule has 0 aliphatic rings. The van der Waals surface area contributed by atoms with Crippen molar-refractivity contribution in [2.75, 3.05) is 0 Å². The summed E-state index contributed by atoms with van der Waals surface area (Å²) in [4.78, 5) is 4.02. The van der Waals surface area contributed by atoms with E-state index < -0.39 is 0 Å². The Kier molecular flexibility index (Phi) is 3.25. The third-order valence-corrected chi connectivity index (χ3v) is 3.03. The molecule has 0 aliphatic heterocycles. The highest BCUT2D eigenvalue weighted by Crippen LogP contribution is 2.22. The molecular weight excluding hydrogens is 208 g/mol. The van der Waals surface area contributed by atoms with Crippen LogP contribution < -0.4 is 5.73 Å². The molecule has 2 nitrogen and oxygen atoms in total. The van der Waals surface area contributed by atoms with Gasteiger partial charge in [-0.1, -0.05) is 29.8 Å². The summed E-state index contributed by atoms with van der Waals surface area (Å²) in [6, 6.07) is 12.5. The number of nitrogens with two attached hydrogens (primary N) is 1. The summed E-state index contributed by atoms with van der Waals surface area (Å²) >= 11 is 0. The van der Waals surface area contributed by atoms with Gasteiger partial charge in [0.2, 0.25) is 0 Å². The zero-order valence-electron chi connectivity index (χ0n) is 10.4. The van der Waals surface area contributed by atoms with E-state index in [2.05, 4.69) is 43.1 Å². The summed E-state index contributed by atoms with van der Waals surface area (Å²) in [6.45, 7) is 4.15. The average Bonchev–Trinajstić information content (AvgIpc) is 2.30. The van der Waals surface area contributed by atoms with Gasteiger partial charge < -0.3 is 5.73 Å². The smallest absolute Gasteiger partial charge is 0.0421 e. The summed E-state index contributed by atoms with van der Waals surface area (Å²) in [6.07, 6.45) is 4.43. The topological polar surface area (TPSA) is 38.9 Å². The molecule has 1 atom stereocenters. The maximum Gasteiger partial charge on any atom is 0.0421 e. The van der Waals surface area contributed by atoms with Gasteiger partial charge in [-0.15, -0.1) is 0 Å². The molecule has 1 unspecified atom stereocenters. The van der Waals surface area contributed by atoms with Crippen LogP contribution in [0.4, 0.5) is 0 Å². The lowest BCUT2D eigenvalue weighted by Gasteiger charge is -2.25. The second-order valence-corrected chi connectivity index (χ2v) is 4.82. The first kappa shape index (κ1) is 11.8. The SMILES string of the molecule is Cc1ccc(C(C)(N)Cc2ccncc2)cc1. The molecule has 0 radical (unpaired) electrons. The number of aromatic nitrogens is 1. The average molecular weight is 226 g/mol. The largest absolute Gasteiger partial charge is 0.321 e. The van der Waals surface area contributed by atoms with Crippen LogP contribution in [-0.4, -0.2) is 4.98 Å². The van der Waals surface area contributed by atoms with Gasteiger partial charge in [-0.05, 0) is 43.5 Å². The summed E-state index contributed by atoms with van der Waals surface area (Å²) in [5.41, 5.74) is 9.70. The van der Waals surface area contributed by atoms with E-state index in [1.165, 1.54) is 16.7 Å². The summed E-state index contributed by atoms with van der Waals surface area (Å²) in [5.74, 6) is 0. The molecule has 2 heteroatoms. The fraction of sp³-hybridized carbons (Fsp3) is 0.267. The Morgan fingerprint density at radius 1 is 1.06 bits per heavy atom. The van der Waals surface area contributed by atoms with Gasteiger partial charge in [0.15, 0.2) is 0 Å². The fourth-order valence-electron chi connectivity index (χ4n) is 1.96. The normalized spacial score (nSPS) is 14.3. The maximum absolute atomic E-state index is 6.40. The van der Waals surface area contributed by atoms with Gasteiger partial charge in [-0.25, -0.2) is 0 Å². The van der Waals surface area contributed by atoms with Gasteiger partial charge >= 0.3 is 0 Å². The van der Waals surface area contributed by atoms with Crippen LogP contribution in [-0.2, 0) is 12.0 Å². The zero-order chi connectivity index (χ0) is 12.3. The standard InChI is InChI=1S/C15H18N2/c1-12-3-5-14(6-4-12)15(2,16)11-13-7-9-17-10-8-13/h3-10H,11,16H2,1-2H3. The molecule has 17 heavy (non-hydrogen) atoms. The van der Waals surface area contributed by atoms with E-state index in [0.29, 0.717) is 0 Å². The van der Waals surface area contributed by atoms with Crippen LogP contribution in [0.2, 0.25) is 0 Å². The van der Waals surface area contributed by atoms with Crippen molar-refractivity contribution in [3.63, 3.8) is 0 Å². The maximum atomic E-state index is 6.40. The molecule has 88 valence electrons. The minimum atomic E-state index is -0.338. The number of rotatable bonds is 3. The number of aryl methyl sites for hydroxylation is 1. The second kappa shape index (κ2) is 4.68. The van der Waals surface area contributed by atoms with Crippen molar-refractivity contribution >= 4 is 0 Å². The van der Waals surface area contributed by atoms with Crippen molar-refractivity contribution in [2.45, 2.75) is 25.8 Å². The molecule has 2 rings (SSSR count). The Balaban J connectivity index is 2.21. The number of benzene rings is 1. The Morgan fingerprint density at radius 3 is 2.24 bits per heavy atom. The quantitative estimate of drug-likeness (QED) is 0.874. The number of pyridine rings is 1. The lowest BCUT2D eigenvalue weighted by molar-refractivity contribution is 0.491. The van der Waals surface area contributed by atoms with Crippen molar-refractivity contribution in [1.29, 1.82) is 0 Å². The van der Waals surface area contributed by atoms with E-state index in [4.69, 9.17) is 5.73 Å². The monoisotopic (exact) mass is 226 g/mol. The molecule has 0 bridgehead atoms. The number of hydrogen-bond acceptors (Lipinski definition) is 2. The number of nitrogens with zero attached hydrogens (tertiary/aromatic N) is 1. The Morgan fingerprint density at radius 2 is 1.65 bits per heavy atom. The van der Waals surface area contributed by atoms with E-state index in [0.717, 1.165) is 6.42 Å². The van der Waals surface area contributed by atoms with Crippen LogP contribution >= 0.6 is 0 Å². The third kappa shape index (κ3) is 2.92. The Bertz CT molecular complexity index is 472. The summed E-state index contributed by atoms with van der Waals surface area (Å²) < 4.78 is 0. The van der Waals surface area contributed by atoms with Gasteiger partial charge in [0, 0.05) is 17.9 Å². The zero-order valence-corrected chi connectivity index (χ0v) is 10.4. The van der Waals surface area contributed by atoms with Crippen LogP contribution in [0.25, 0.3) is 0 Å². The highest BCUT2D eigenvalue weighted by Gasteiger charge is 2.21. The summed E-state index contributed by atoms with van der Waals surface area (Å²) in [5, 5.41) is 0. The van der Waals surface area contributed by atoms with Crippen molar-refractivity contribution in [3.8, 4) is 0 Å². The van der Waals surface area contributed by atoms with E-state index in [1.54, 1.807) is 12.4 Å². The molecule has 0 aliphatic carbocycles. The predicted octanol–water partition coefficient (Wildman–Crippen LogP) is 2.81. The van der Waals surface area contributed by atoms with Gasteiger partial charge in [0.25, 0.3) is 0 Å². The van der Waals surface area contributed by atoms with Crippen LogP contribution in [0.15, 0.2) is 48.8 Å². The molecule has 2 aromatic rings. The van der Waals surface area contributed by atoms with E-state index >= 15 is 0 Å². The third-order valence-electron chi connectivity index (χ3n) is 3.03. The van der Waals surface area contributed by atoms with Crippen molar-refractivity contribution in [1.82, 2.24) is 4.98 Å². The highest BCUT2D eigenvalue weighted by molar-refractivity contribution is 5.29. The van der Waals surface area contributed by atoms with Crippen LogP contribution in [0.1, 0.15) is 23.6 Å². The fourth-order valence-corrected chi connectivity index (χ4v) is 1.96. The lowest BCUT2D eigenvalue weighted by Crippen LogP contribution is -2.35. The van der Waals surface area contributed by atoms with E-state index in [9.17, 15) is 0 Å². The van der Waals surface area contributed by atoms with Crippen molar-refractivity contribution < 1.29 is 0 Å². The van der Waals surface area contributed by atoms with Gasteiger partial charge in [0.05, 0.1) is 0 Å². The first-order valence-electron chi connectivity index (χ1n) is 5.83. The Labute approximate surface area is 103 Å². The van der Waals surface area contributed by atoms with E-state index in [-0.39, 0.29) is 5.54 Å². The molecule has 1 aromatic carbocycles. The first-order chi connectivity index (χ1) is 8.08. The molecule has 1 heterocycles. The van der Waals surface area contributed by atoms with Gasteiger partial charge in [-0.3, -0.25) is 4.98 Å². The molecule has 1 aromatic heterocycles. The first-order valence-corrected chi connectivity index (χ1v) is 5.83. The molecule has 0 spiro atoms. The van der Waals surface area contributed by atoms with Crippen LogP contribution in [0, 0.1) is 6.92 Å². The number of hydrogen-bond donors (Lipinski definition) is 1. The minimum Gasteiger partial charge on any atom is -0.321 e. The second-order valence-electron chi connectivity index (χ2n) is 4.82. The van der Waals surface area contributed by atoms with Gasteiger partial charge in [-0.2, -0.15) is 0 Å². The molecular formula is C15H18N2. The predicted molar refractivity (Wildman–Crippen MR) is 70.7 cm³/mol. The highest BCUT2D eigenvalue weighted by atomic mass is 14.7. The van der Waals surface area contributed by atoms with Crippen molar-refractivity contribution in [2.24, 2.45) is 5.73 Å². The Hall–Kier alpha value is -1.67. The van der Waals surface area contributed by atoms with Crippen LogP contribution in [0.5, 0.6) is 0 Å².